The highest BCUT2D eigenvalue weighted by Gasteiger charge is 2.26. The predicted octanol–water partition coefficient (Wildman–Crippen LogP) is 1.89. The summed E-state index contributed by atoms with van der Waals surface area (Å²) in [4.78, 5) is 22.1. The Balaban J connectivity index is 2.08. The first kappa shape index (κ1) is 14.4. The molecule has 0 aromatic heterocycles. The van der Waals surface area contributed by atoms with Crippen molar-refractivity contribution < 1.29 is 18.8 Å². The Bertz CT molecular complexity index is 535. The van der Waals surface area contributed by atoms with Crippen molar-refractivity contribution in [2.24, 2.45) is 5.92 Å². The van der Waals surface area contributed by atoms with Gasteiger partial charge in [0.1, 0.15) is 11.4 Å². The number of halogens is 1. The van der Waals surface area contributed by atoms with Gasteiger partial charge in [0.25, 0.3) is 11.6 Å². The molecule has 1 aliphatic heterocycles. The third-order valence-corrected chi connectivity index (χ3v) is 3.46. The van der Waals surface area contributed by atoms with Gasteiger partial charge in [-0.25, -0.2) is 4.39 Å². The lowest BCUT2D eigenvalue weighted by Gasteiger charge is -2.14. The van der Waals surface area contributed by atoms with Gasteiger partial charge in [0.2, 0.25) is 0 Å². The highest BCUT2D eigenvalue weighted by atomic mass is 19.1. The van der Waals surface area contributed by atoms with Crippen LogP contribution >= 0.6 is 0 Å². The number of carbonyl (C=O) groups is 1. The van der Waals surface area contributed by atoms with Crippen molar-refractivity contribution in [3.63, 3.8) is 0 Å². The number of carbonyl (C=O) groups excluding carboxylic acids is 1. The fraction of sp³-hybridized carbons (Fsp3) is 0.462. The fourth-order valence-corrected chi connectivity index (χ4v) is 2.21. The van der Waals surface area contributed by atoms with Crippen molar-refractivity contribution in [2.45, 2.75) is 19.4 Å². The summed E-state index contributed by atoms with van der Waals surface area (Å²) < 4.78 is 18.5. The summed E-state index contributed by atoms with van der Waals surface area (Å²) >= 11 is 0. The largest absolute Gasteiger partial charge is 0.378 e. The van der Waals surface area contributed by atoms with Gasteiger partial charge in [-0.1, -0.05) is 0 Å². The normalized spacial score (nSPS) is 21.7. The molecule has 1 N–H and O–H groups in total. The van der Waals surface area contributed by atoms with E-state index < -0.39 is 22.3 Å². The lowest BCUT2D eigenvalue weighted by Crippen LogP contribution is -2.32. The zero-order valence-electron chi connectivity index (χ0n) is 11.0. The van der Waals surface area contributed by atoms with Gasteiger partial charge in [-0.15, -0.1) is 0 Å². The van der Waals surface area contributed by atoms with Crippen LogP contribution < -0.4 is 5.32 Å². The summed E-state index contributed by atoms with van der Waals surface area (Å²) in [5, 5.41) is 13.4. The minimum Gasteiger partial charge on any atom is -0.378 e. The molecule has 0 spiro atoms. The van der Waals surface area contributed by atoms with Crippen LogP contribution in [0.25, 0.3) is 0 Å². The van der Waals surface area contributed by atoms with Crippen molar-refractivity contribution in [3.8, 4) is 0 Å². The van der Waals surface area contributed by atoms with E-state index in [2.05, 4.69) is 5.32 Å². The van der Waals surface area contributed by atoms with Crippen LogP contribution in [-0.4, -0.2) is 30.1 Å². The fourth-order valence-electron chi connectivity index (χ4n) is 2.21. The Morgan fingerprint density at radius 2 is 2.35 bits per heavy atom. The molecule has 0 aliphatic carbocycles. The third-order valence-electron chi connectivity index (χ3n) is 3.46. The summed E-state index contributed by atoms with van der Waals surface area (Å²) in [5.41, 5.74) is -0.666. The first-order valence-corrected chi connectivity index (χ1v) is 6.33. The minimum absolute atomic E-state index is 0.0396. The topological polar surface area (TPSA) is 81.5 Å². The molecular weight excluding hydrogens is 267 g/mol. The van der Waals surface area contributed by atoms with Crippen LogP contribution in [0.15, 0.2) is 18.2 Å². The van der Waals surface area contributed by atoms with E-state index in [0.717, 1.165) is 24.6 Å². The van der Waals surface area contributed by atoms with Gasteiger partial charge >= 0.3 is 0 Å². The highest BCUT2D eigenvalue weighted by Crippen LogP contribution is 2.21. The van der Waals surface area contributed by atoms with E-state index in [9.17, 15) is 19.3 Å². The van der Waals surface area contributed by atoms with E-state index in [-0.39, 0.29) is 17.6 Å². The quantitative estimate of drug-likeness (QED) is 0.675. The molecule has 1 aromatic carbocycles. The standard InChI is InChI=1S/C13H15FN2O4/c1-8-9(4-5-20-8)7-15-13(17)11-6-10(14)2-3-12(11)16(18)19/h2-3,6,8-9H,4-5,7H2,1H3,(H,15,17). The number of nitrogens with zero attached hydrogens (tertiary/aromatic N) is 1. The molecule has 1 fully saturated rings. The Morgan fingerprint density at radius 1 is 1.60 bits per heavy atom. The lowest BCUT2D eigenvalue weighted by molar-refractivity contribution is -0.385. The van der Waals surface area contributed by atoms with E-state index >= 15 is 0 Å². The zero-order valence-corrected chi connectivity index (χ0v) is 11.0. The van der Waals surface area contributed by atoms with Crippen molar-refractivity contribution in [2.75, 3.05) is 13.2 Å². The summed E-state index contributed by atoms with van der Waals surface area (Å²) in [5.74, 6) is -1.15. The molecule has 1 aromatic rings. The first-order chi connectivity index (χ1) is 9.49. The molecule has 6 nitrogen and oxygen atoms in total. The Kier molecular flexibility index (Phi) is 4.29. The molecule has 20 heavy (non-hydrogen) atoms. The van der Waals surface area contributed by atoms with E-state index in [1.54, 1.807) is 0 Å². The predicted molar refractivity (Wildman–Crippen MR) is 68.9 cm³/mol. The lowest BCUT2D eigenvalue weighted by atomic mass is 10.0. The van der Waals surface area contributed by atoms with Crippen molar-refractivity contribution >= 4 is 11.6 Å². The number of hydrogen-bond donors (Lipinski definition) is 1. The van der Waals surface area contributed by atoms with Crippen molar-refractivity contribution in [1.29, 1.82) is 0 Å². The molecule has 7 heteroatoms. The smallest absolute Gasteiger partial charge is 0.282 e. The van der Waals surface area contributed by atoms with Crippen LogP contribution in [0.5, 0.6) is 0 Å². The van der Waals surface area contributed by atoms with Crippen LogP contribution in [-0.2, 0) is 4.74 Å². The van der Waals surface area contributed by atoms with Gasteiger partial charge in [0.15, 0.2) is 0 Å². The second-order valence-electron chi connectivity index (χ2n) is 4.75. The number of amides is 1. The van der Waals surface area contributed by atoms with Crippen LogP contribution in [0, 0.1) is 21.8 Å². The number of benzene rings is 1. The molecule has 2 unspecified atom stereocenters. The van der Waals surface area contributed by atoms with Gasteiger partial charge in [0, 0.05) is 25.1 Å². The second-order valence-corrected chi connectivity index (χ2v) is 4.75. The maximum absolute atomic E-state index is 13.2. The van der Waals surface area contributed by atoms with Crippen molar-refractivity contribution in [1.82, 2.24) is 5.32 Å². The Morgan fingerprint density at radius 3 is 2.95 bits per heavy atom. The molecule has 1 aliphatic rings. The maximum Gasteiger partial charge on any atom is 0.282 e. The van der Waals surface area contributed by atoms with Crippen LogP contribution in [0.4, 0.5) is 10.1 Å². The Hall–Kier alpha value is -2.02. The van der Waals surface area contributed by atoms with Crippen LogP contribution in [0.1, 0.15) is 23.7 Å². The van der Waals surface area contributed by atoms with Gasteiger partial charge in [-0.2, -0.15) is 0 Å². The Labute approximate surface area is 115 Å². The molecule has 1 saturated heterocycles. The molecule has 108 valence electrons. The van der Waals surface area contributed by atoms with Crippen molar-refractivity contribution in [3.05, 3.63) is 39.7 Å². The number of nitro benzene ring substituents is 1. The molecule has 1 amide bonds. The number of hydrogen-bond acceptors (Lipinski definition) is 4. The maximum atomic E-state index is 13.2. The molecular formula is C13H15FN2O4. The van der Waals surface area contributed by atoms with Crippen LogP contribution in [0.3, 0.4) is 0 Å². The molecule has 0 radical (unpaired) electrons. The molecule has 0 bridgehead atoms. The van der Waals surface area contributed by atoms with E-state index in [4.69, 9.17) is 4.74 Å². The summed E-state index contributed by atoms with van der Waals surface area (Å²) in [7, 11) is 0. The van der Waals surface area contributed by atoms with E-state index in [1.165, 1.54) is 0 Å². The SMILES string of the molecule is CC1OCCC1CNC(=O)c1cc(F)ccc1[N+](=O)[O-]. The summed E-state index contributed by atoms with van der Waals surface area (Å²) in [6.07, 6.45) is 0.866. The summed E-state index contributed by atoms with van der Waals surface area (Å²) in [6.45, 7) is 2.91. The molecule has 0 saturated carbocycles. The van der Waals surface area contributed by atoms with Gasteiger partial charge in [0.05, 0.1) is 11.0 Å². The highest BCUT2D eigenvalue weighted by molar-refractivity contribution is 5.98. The molecule has 2 rings (SSSR count). The number of rotatable bonds is 4. The third kappa shape index (κ3) is 3.11. The number of nitrogens with one attached hydrogen (secondary N) is 1. The monoisotopic (exact) mass is 282 g/mol. The average Bonchev–Trinajstić information content (AvgIpc) is 2.81. The first-order valence-electron chi connectivity index (χ1n) is 6.33. The van der Waals surface area contributed by atoms with E-state index in [0.29, 0.717) is 13.2 Å². The van der Waals surface area contributed by atoms with Crippen LogP contribution in [0.2, 0.25) is 0 Å². The number of ether oxygens (including phenoxy) is 1. The van der Waals surface area contributed by atoms with Gasteiger partial charge in [-0.05, 0) is 25.5 Å². The number of nitro groups is 1. The van der Waals surface area contributed by atoms with Gasteiger partial charge < -0.3 is 10.1 Å². The summed E-state index contributed by atoms with van der Waals surface area (Å²) in [6, 6.07) is 2.83. The van der Waals surface area contributed by atoms with E-state index in [1.807, 2.05) is 6.92 Å². The zero-order chi connectivity index (χ0) is 14.7. The molecule has 2 atom stereocenters. The minimum atomic E-state index is -0.699. The van der Waals surface area contributed by atoms with Gasteiger partial charge in [-0.3, -0.25) is 14.9 Å². The second kappa shape index (κ2) is 5.96. The molecule has 1 heterocycles. The average molecular weight is 282 g/mol.